The van der Waals surface area contributed by atoms with E-state index in [2.05, 4.69) is 11.2 Å². The highest BCUT2D eigenvalue weighted by Crippen LogP contribution is 2.33. The summed E-state index contributed by atoms with van der Waals surface area (Å²) in [5.74, 6) is 1.41. The Kier molecular flexibility index (Phi) is 4.58. The van der Waals surface area contributed by atoms with E-state index in [1.807, 2.05) is 24.3 Å². The van der Waals surface area contributed by atoms with E-state index < -0.39 is 0 Å². The number of aromatic nitrogens is 2. The quantitative estimate of drug-likeness (QED) is 0.718. The third-order valence-corrected chi connectivity index (χ3v) is 4.30. The summed E-state index contributed by atoms with van der Waals surface area (Å²) in [6.45, 7) is 1.54. The second kappa shape index (κ2) is 7.34. The normalized spacial score (nSPS) is 12.9. The summed E-state index contributed by atoms with van der Waals surface area (Å²) in [7, 11) is 0. The molecule has 0 aliphatic carbocycles. The average molecular weight is 359 g/mol. The standard InChI is InChI=1S/C21H17N3O3/c22-13-15-3-1-4-16(11-15)14-24-21(25)8-6-18(23-24)17-5-7-19-20(12-17)27-10-2-9-26-19/h1,3-8,11-12H,2,9-10,14H2. The molecule has 27 heavy (non-hydrogen) atoms. The van der Waals surface area contributed by atoms with Crippen LogP contribution in [0.3, 0.4) is 0 Å². The van der Waals surface area contributed by atoms with E-state index in [0.717, 1.165) is 23.3 Å². The molecule has 0 N–H and O–H groups in total. The van der Waals surface area contributed by atoms with Gasteiger partial charge in [-0.3, -0.25) is 4.79 Å². The Morgan fingerprint density at radius 3 is 2.74 bits per heavy atom. The SMILES string of the molecule is N#Cc1cccc(Cn2nc(-c3ccc4c(c3)OCCCO4)ccc2=O)c1. The summed E-state index contributed by atoms with van der Waals surface area (Å²) < 4.78 is 12.8. The lowest BCUT2D eigenvalue weighted by atomic mass is 10.1. The van der Waals surface area contributed by atoms with Crippen molar-refractivity contribution in [2.75, 3.05) is 13.2 Å². The molecule has 0 saturated carbocycles. The summed E-state index contributed by atoms with van der Waals surface area (Å²) >= 11 is 0. The zero-order valence-electron chi connectivity index (χ0n) is 14.6. The lowest BCUT2D eigenvalue weighted by Crippen LogP contribution is -2.22. The van der Waals surface area contributed by atoms with Crippen molar-refractivity contribution >= 4 is 0 Å². The maximum atomic E-state index is 12.2. The Bertz CT molecular complexity index is 1080. The second-order valence-corrected chi connectivity index (χ2v) is 6.24. The molecule has 1 aliphatic rings. The van der Waals surface area contributed by atoms with Crippen LogP contribution in [0.5, 0.6) is 11.5 Å². The molecule has 2 heterocycles. The van der Waals surface area contributed by atoms with Crippen LogP contribution in [0.15, 0.2) is 59.4 Å². The Morgan fingerprint density at radius 1 is 1.04 bits per heavy atom. The van der Waals surface area contributed by atoms with Crippen LogP contribution >= 0.6 is 0 Å². The first-order valence-electron chi connectivity index (χ1n) is 8.70. The van der Waals surface area contributed by atoms with Crippen molar-refractivity contribution in [3.8, 4) is 28.8 Å². The van der Waals surface area contributed by atoms with E-state index in [9.17, 15) is 4.79 Å². The molecule has 2 aromatic carbocycles. The van der Waals surface area contributed by atoms with E-state index in [4.69, 9.17) is 14.7 Å². The highest BCUT2D eigenvalue weighted by atomic mass is 16.5. The van der Waals surface area contributed by atoms with Crippen LogP contribution < -0.4 is 15.0 Å². The van der Waals surface area contributed by atoms with Gasteiger partial charge in [0, 0.05) is 18.1 Å². The van der Waals surface area contributed by atoms with E-state index in [1.54, 1.807) is 24.3 Å². The number of nitrogens with zero attached hydrogens (tertiary/aromatic N) is 3. The first kappa shape index (κ1) is 16.9. The Hall–Kier alpha value is -3.59. The molecule has 0 atom stereocenters. The van der Waals surface area contributed by atoms with Crippen molar-refractivity contribution in [1.29, 1.82) is 5.26 Å². The van der Waals surface area contributed by atoms with Gasteiger partial charge in [0.25, 0.3) is 5.56 Å². The van der Waals surface area contributed by atoms with Gasteiger partial charge < -0.3 is 9.47 Å². The van der Waals surface area contributed by atoms with Gasteiger partial charge in [0.15, 0.2) is 11.5 Å². The van der Waals surface area contributed by atoms with Gasteiger partial charge in [0.05, 0.1) is 37.1 Å². The molecular weight excluding hydrogens is 342 g/mol. The number of fused-ring (bicyclic) bond motifs is 1. The number of hydrogen-bond donors (Lipinski definition) is 0. The zero-order valence-corrected chi connectivity index (χ0v) is 14.6. The van der Waals surface area contributed by atoms with Crippen LogP contribution in [0.4, 0.5) is 0 Å². The maximum absolute atomic E-state index is 12.2. The van der Waals surface area contributed by atoms with Crippen LogP contribution in [0, 0.1) is 11.3 Å². The van der Waals surface area contributed by atoms with Gasteiger partial charge in [-0.25, -0.2) is 4.68 Å². The highest BCUT2D eigenvalue weighted by Gasteiger charge is 2.13. The number of rotatable bonds is 3. The summed E-state index contributed by atoms with van der Waals surface area (Å²) in [6.07, 6.45) is 0.842. The Balaban J connectivity index is 1.67. The maximum Gasteiger partial charge on any atom is 0.267 e. The molecule has 1 aromatic heterocycles. The summed E-state index contributed by atoms with van der Waals surface area (Å²) in [5.41, 5.74) is 2.72. The number of ether oxygens (including phenoxy) is 2. The topological polar surface area (TPSA) is 77.1 Å². The lowest BCUT2D eigenvalue weighted by Gasteiger charge is -2.11. The summed E-state index contributed by atoms with van der Waals surface area (Å²) in [5, 5.41) is 13.5. The molecule has 6 nitrogen and oxygen atoms in total. The Labute approximate surface area is 156 Å². The van der Waals surface area contributed by atoms with Crippen molar-refractivity contribution in [1.82, 2.24) is 9.78 Å². The fourth-order valence-electron chi connectivity index (χ4n) is 2.95. The van der Waals surface area contributed by atoms with Gasteiger partial charge in [0.1, 0.15) is 0 Å². The fraction of sp³-hybridized carbons (Fsp3) is 0.190. The number of benzene rings is 2. The first-order valence-corrected chi connectivity index (χ1v) is 8.70. The average Bonchev–Trinajstić information content (AvgIpc) is 2.94. The van der Waals surface area contributed by atoms with Crippen LogP contribution in [0.2, 0.25) is 0 Å². The molecule has 0 fully saturated rings. The molecule has 1 aliphatic heterocycles. The molecule has 0 amide bonds. The molecule has 0 saturated heterocycles. The molecule has 0 spiro atoms. The van der Waals surface area contributed by atoms with Crippen LogP contribution in [-0.4, -0.2) is 23.0 Å². The van der Waals surface area contributed by atoms with E-state index in [1.165, 1.54) is 10.7 Å². The second-order valence-electron chi connectivity index (χ2n) is 6.24. The van der Waals surface area contributed by atoms with Gasteiger partial charge in [-0.1, -0.05) is 12.1 Å². The van der Waals surface area contributed by atoms with Crippen molar-refractivity contribution in [3.05, 3.63) is 76.1 Å². The third kappa shape index (κ3) is 3.67. The predicted molar refractivity (Wildman–Crippen MR) is 99.8 cm³/mol. The van der Waals surface area contributed by atoms with Gasteiger partial charge >= 0.3 is 0 Å². The molecule has 3 aromatic rings. The number of nitriles is 1. The Morgan fingerprint density at radius 2 is 1.89 bits per heavy atom. The van der Waals surface area contributed by atoms with Crippen LogP contribution in [0.25, 0.3) is 11.3 Å². The van der Waals surface area contributed by atoms with E-state index >= 15 is 0 Å². The van der Waals surface area contributed by atoms with Crippen molar-refractivity contribution in [2.24, 2.45) is 0 Å². The fourth-order valence-corrected chi connectivity index (χ4v) is 2.95. The van der Waals surface area contributed by atoms with Crippen LogP contribution in [-0.2, 0) is 6.54 Å². The predicted octanol–water partition coefficient (Wildman–Crippen LogP) is 2.99. The zero-order chi connectivity index (χ0) is 18.6. The minimum absolute atomic E-state index is 0.199. The van der Waals surface area contributed by atoms with Crippen molar-refractivity contribution in [3.63, 3.8) is 0 Å². The molecule has 0 radical (unpaired) electrons. The van der Waals surface area contributed by atoms with Gasteiger partial charge in [-0.05, 0) is 42.0 Å². The van der Waals surface area contributed by atoms with E-state index in [-0.39, 0.29) is 5.56 Å². The first-order chi connectivity index (χ1) is 13.2. The largest absolute Gasteiger partial charge is 0.490 e. The summed E-state index contributed by atoms with van der Waals surface area (Å²) in [6, 6.07) is 18.1. The van der Waals surface area contributed by atoms with Crippen molar-refractivity contribution < 1.29 is 9.47 Å². The lowest BCUT2D eigenvalue weighted by molar-refractivity contribution is 0.297. The monoisotopic (exact) mass is 359 g/mol. The highest BCUT2D eigenvalue weighted by molar-refractivity contribution is 5.63. The molecule has 6 heteroatoms. The van der Waals surface area contributed by atoms with Crippen molar-refractivity contribution in [2.45, 2.75) is 13.0 Å². The molecule has 0 unspecified atom stereocenters. The van der Waals surface area contributed by atoms with E-state index in [0.29, 0.717) is 36.8 Å². The third-order valence-electron chi connectivity index (χ3n) is 4.30. The van der Waals surface area contributed by atoms with Gasteiger partial charge in [0.2, 0.25) is 0 Å². The molecule has 4 rings (SSSR count). The van der Waals surface area contributed by atoms with Gasteiger partial charge in [-0.2, -0.15) is 10.4 Å². The van der Waals surface area contributed by atoms with Gasteiger partial charge in [-0.15, -0.1) is 0 Å². The summed E-state index contributed by atoms with van der Waals surface area (Å²) in [4.78, 5) is 12.2. The van der Waals surface area contributed by atoms with Crippen LogP contribution in [0.1, 0.15) is 17.5 Å². The number of hydrogen-bond acceptors (Lipinski definition) is 5. The molecule has 134 valence electrons. The molecule has 0 bridgehead atoms. The molecular formula is C21H17N3O3. The minimum atomic E-state index is -0.199. The minimum Gasteiger partial charge on any atom is -0.490 e. The smallest absolute Gasteiger partial charge is 0.267 e.